The number of hydrogen-bond donors (Lipinski definition) is 2. The van der Waals surface area contributed by atoms with Crippen LogP contribution in [0, 0.1) is 13.8 Å². The zero-order valence-electron chi connectivity index (χ0n) is 20.8. The Balaban J connectivity index is 1.39. The molecular formula is C29H27N3O5. The predicted octanol–water partition coefficient (Wildman–Crippen LogP) is 5.14. The Hall–Kier alpha value is -4.85. The Bertz CT molecular complexity index is 1440. The van der Waals surface area contributed by atoms with E-state index in [1.165, 1.54) is 25.5 Å². The van der Waals surface area contributed by atoms with Gasteiger partial charge in [0, 0.05) is 22.6 Å². The number of methoxy groups -OCH3 is 1. The van der Waals surface area contributed by atoms with E-state index in [-0.39, 0.29) is 18.1 Å². The summed E-state index contributed by atoms with van der Waals surface area (Å²) < 4.78 is 13.4. The van der Waals surface area contributed by atoms with Crippen molar-refractivity contribution in [1.82, 2.24) is 9.99 Å². The minimum atomic E-state index is -0.974. The number of carbonyl (C=O) groups is 2. The van der Waals surface area contributed by atoms with E-state index in [1.54, 1.807) is 36.4 Å². The zero-order valence-corrected chi connectivity index (χ0v) is 20.8. The van der Waals surface area contributed by atoms with Crippen LogP contribution in [0.15, 0.2) is 84.0 Å². The van der Waals surface area contributed by atoms with Crippen molar-refractivity contribution < 1.29 is 24.2 Å². The second-order valence-corrected chi connectivity index (χ2v) is 8.40. The van der Waals surface area contributed by atoms with E-state index in [0.717, 1.165) is 22.6 Å². The molecule has 0 bridgehead atoms. The molecule has 0 radical (unpaired) electrons. The normalized spacial score (nSPS) is 10.9. The van der Waals surface area contributed by atoms with Crippen LogP contribution in [0.2, 0.25) is 0 Å². The number of hydrazone groups is 1. The maximum atomic E-state index is 12.7. The van der Waals surface area contributed by atoms with Crippen LogP contribution < -0.4 is 14.9 Å². The molecule has 0 aliphatic carbocycles. The Morgan fingerprint density at radius 1 is 0.919 bits per heavy atom. The molecule has 0 saturated carbocycles. The lowest BCUT2D eigenvalue weighted by molar-refractivity contribution is 0.0696. The van der Waals surface area contributed by atoms with E-state index in [4.69, 9.17) is 14.6 Å². The molecule has 0 atom stereocenters. The van der Waals surface area contributed by atoms with Crippen LogP contribution in [0.25, 0.3) is 5.69 Å². The molecule has 188 valence electrons. The number of aromatic carboxylic acids is 1. The van der Waals surface area contributed by atoms with Gasteiger partial charge in [-0.25, -0.2) is 10.2 Å². The third-order valence-electron chi connectivity index (χ3n) is 5.80. The topological polar surface area (TPSA) is 102 Å². The van der Waals surface area contributed by atoms with E-state index in [1.807, 2.05) is 44.2 Å². The highest BCUT2D eigenvalue weighted by Crippen LogP contribution is 2.28. The standard InChI is InChI=1S/C29H27N3O5/c1-19-7-8-20(2)32(19)25-6-4-5-24(16-25)28(33)31-30-17-22-11-14-26(27(15-22)36-3)37-18-21-9-12-23(13-10-21)29(34)35/h4-17H,18H2,1-3H3,(H,31,33)(H,34,35)/b30-17-. The highest BCUT2D eigenvalue weighted by molar-refractivity contribution is 5.95. The fourth-order valence-electron chi connectivity index (χ4n) is 3.88. The number of ether oxygens (including phenoxy) is 2. The number of rotatable bonds is 9. The largest absolute Gasteiger partial charge is 0.493 e. The SMILES string of the molecule is COc1cc(/C=N\NC(=O)c2cccc(-n3c(C)ccc3C)c2)ccc1OCc1ccc(C(=O)O)cc1. The summed E-state index contributed by atoms with van der Waals surface area (Å²) in [6.07, 6.45) is 1.53. The van der Waals surface area contributed by atoms with Gasteiger partial charge in [0.25, 0.3) is 5.91 Å². The van der Waals surface area contributed by atoms with Crippen LogP contribution in [-0.2, 0) is 6.61 Å². The lowest BCUT2D eigenvalue weighted by atomic mass is 10.1. The predicted molar refractivity (Wildman–Crippen MR) is 141 cm³/mol. The van der Waals surface area contributed by atoms with E-state index >= 15 is 0 Å². The first-order valence-corrected chi connectivity index (χ1v) is 11.6. The van der Waals surface area contributed by atoms with E-state index in [2.05, 4.69) is 15.1 Å². The van der Waals surface area contributed by atoms with Gasteiger partial charge in [-0.1, -0.05) is 18.2 Å². The molecule has 37 heavy (non-hydrogen) atoms. The van der Waals surface area contributed by atoms with Gasteiger partial charge in [0.2, 0.25) is 0 Å². The number of aromatic nitrogens is 1. The lowest BCUT2D eigenvalue weighted by Gasteiger charge is -2.11. The Morgan fingerprint density at radius 2 is 1.65 bits per heavy atom. The molecule has 0 saturated heterocycles. The van der Waals surface area contributed by atoms with Crippen LogP contribution in [0.1, 0.15) is 43.2 Å². The molecule has 0 aliphatic rings. The van der Waals surface area contributed by atoms with Crippen molar-refractivity contribution in [2.75, 3.05) is 7.11 Å². The zero-order chi connectivity index (χ0) is 26.4. The van der Waals surface area contributed by atoms with Gasteiger partial charge < -0.3 is 19.1 Å². The van der Waals surface area contributed by atoms with E-state index in [9.17, 15) is 9.59 Å². The quantitative estimate of drug-likeness (QED) is 0.246. The summed E-state index contributed by atoms with van der Waals surface area (Å²) in [5.74, 6) is -0.263. The first-order valence-electron chi connectivity index (χ1n) is 11.6. The Kier molecular flexibility index (Phi) is 7.68. The summed E-state index contributed by atoms with van der Waals surface area (Å²) in [6, 6.07) is 23.2. The fourth-order valence-corrected chi connectivity index (χ4v) is 3.88. The number of aryl methyl sites for hydroxylation is 2. The first kappa shape index (κ1) is 25.2. The maximum absolute atomic E-state index is 12.7. The molecule has 1 heterocycles. The van der Waals surface area contributed by atoms with Crippen LogP contribution in [0.5, 0.6) is 11.5 Å². The monoisotopic (exact) mass is 497 g/mol. The van der Waals surface area contributed by atoms with Crippen LogP contribution in [0.3, 0.4) is 0 Å². The van der Waals surface area contributed by atoms with Crippen molar-refractivity contribution in [2.24, 2.45) is 5.10 Å². The summed E-state index contributed by atoms with van der Waals surface area (Å²) in [5.41, 5.74) is 7.91. The van der Waals surface area contributed by atoms with Crippen molar-refractivity contribution in [3.8, 4) is 17.2 Å². The smallest absolute Gasteiger partial charge is 0.335 e. The van der Waals surface area contributed by atoms with Gasteiger partial charge in [-0.3, -0.25) is 4.79 Å². The summed E-state index contributed by atoms with van der Waals surface area (Å²) in [5, 5.41) is 13.1. The van der Waals surface area contributed by atoms with Gasteiger partial charge in [-0.2, -0.15) is 5.10 Å². The van der Waals surface area contributed by atoms with Gasteiger partial charge in [-0.05, 0) is 85.6 Å². The van der Waals surface area contributed by atoms with Crippen LogP contribution in [0.4, 0.5) is 0 Å². The lowest BCUT2D eigenvalue weighted by Crippen LogP contribution is -2.18. The highest BCUT2D eigenvalue weighted by Gasteiger charge is 2.10. The van der Waals surface area contributed by atoms with Gasteiger partial charge in [0.05, 0.1) is 18.9 Å². The molecule has 4 aromatic rings. The number of nitrogens with one attached hydrogen (secondary N) is 1. The highest BCUT2D eigenvalue weighted by atomic mass is 16.5. The van der Waals surface area contributed by atoms with Gasteiger partial charge >= 0.3 is 5.97 Å². The number of carboxylic acids is 1. The second-order valence-electron chi connectivity index (χ2n) is 8.40. The number of benzene rings is 3. The van der Waals surface area contributed by atoms with Crippen molar-refractivity contribution in [1.29, 1.82) is 0 Å². The molecule has 1 amide bonds. The average molecular weight is 498 g/mol. The number of amides is 1. The average Bonchev–Trinajstić information content (AvgIpc) is 3.25. The summed E-state index contributed by atoms with van der Waals surface area (Å²) in [6.45, 7) is 4.29. The molecule has 0 spiro atoms. The van der Waals surface area contributed by atoms with Crippen molar-refractivity contribution >= 4 is 18.1 Å². The Labute approximate surface area is 214 Å². The maximum Gasteiger partial charge on any atom is 0.335 e. The summed E-state index contributed by atoms with van der Waals surface area (Å²) >= 11 is 0. The van der Waals surface area contributed by atoms with E-state index < -0.39 is 5.97 Å². The minimum absolute atomic E-state index is 0.218. The molecule has 8 heteroatoms. The molecular weight excluding hydrogens is 470 g/mol. The number of nitrogens with zero attached hydrogens (tertiary/aromatic N) is 2. The number of carbonyl (C=O) groups excluding carboxylic acids is 1. The fraction of sp³-hybridized carbons (Fsp3) is 0.138. The summed E-state index contributed by atoms with van der Waals surface area (Å²) in [4.78, 5) is 23.7. The van der Waals surface area contributed by atoms with Crippen molar-refractivity contribution in [2.45, 2.75) is 20.5 Å². The van der Waals surface area contributed by atoms with Crippen LogP contribution >= 0.6 is 0 Å². The minimum Gasteiger partial charge on any atom is -0.493 e. The van der Waals surface area contributed by atoms with Gasteiger partial charge in [0.1, 0.15) is 6.61 Å². The molecule has 2 N–H and O–H groups in total. The molecule has 0 fully saturated rings. The Morgan fingerprint density at radius 3 is 2.32 bits per heavy atom. The van der Waals surface area contributed by atoms with Crippen LogP contribution in [-0.4, -0.2) is 34.9 Å². The third kappa shape index (κ3) is 6.05. The molecule has 0 aliphatic heterocycles. The van der Waals surface area contributed by atoms with E-state index in [0.29, 0.717) is 22.6 Å². The first-order chi connectivity index (χ1) is 17.9. The van der Waals surface area contributed by atoms with Crippen molar-refractivity contribution in [3.63, 3.8) is 0 Å². The van der Waals surface area contributed by atoms with Crippen molar-refractivity contribution in [3.05, 3.63) is 113 Å². The molecule has 0 unspecified atom stereocenters. The molecule has 1 aromatic heterocycles. The molecule has 8 nitrogen and oxygen atoms in total. The summed E-state index contributed by atoms with van der Waals surface area (Å²) in [7, 11) is 1.54. The number of hydrogen-bond acceptors (Lipinski definition) is 5. The number of carboxylic acid groups (broad SMARTS) is 1. The molecule has 4 rings (SSSR count). The van der Waals surface area contributed by atoms with Gasteiger partial charge in [0.15, 0.2) is 11.5 Å². The second kappa shape index (κ2) is 11.3. The van der Waals surface area contributed by atoms with Gasteiger partial charge in [-0.15, -0.1) is 0 Å². The third-order valence-corrected chi connectivity index (χ3v) is 5.80. The molecule has 3 aromatic carbocycles.